The fourth-order valence-corrected chi connectivity index (χ4v) is 4.08. The van der Waals surface area contributed by atoms with Gasteiger partial charge in [0, 0.05) is 50.2 Å². The standard InChI is InChI=1S/C19H22N4O2/c24-17-5-6-19(23(17)14-15-3-1-9-20-13-15)7-11-22(12-8-19)18(25)16-4-2-10-21-16/h1-4,9-10,13,21H,5-8,11-12,14H2. The predicted octanol–water partition coefficient (Wildman–Crippen LogP) is 2.21. The van der Waals surface area contributed by atoms with Crippen LogP contribution < -0.4 is 0 Å². The SMILES string of the molecule is O=C(c1ccc[nH]1)N1CCC2(CCC(=O)N2Cc2cccnc2)CC1. The molecule has 0 atom stereocenters. The van der Waals surface area contributed by atoms with Crippen LogP contribution in [-0.4, -0.2) is 50.2 Å². The number of pyridine rings is 1. The molecule has 0 saturated carbocycles. The number of carbonyl (C=O) groups is 2. The molecule has 6 heteroatoms. The molecule has 1 N–H and O–H groups in total. The van der Waals surface area contributed by atoms with Gasteiger partial charge in [0.05, 0.1) is 0 Å². The van der Waals surface area contributed by atoms with Gasteiger partial charge in [0.15, 0.2) is 0 Å². The zero-order valence-electron chi connectivity index (χ0n) is 14.1. The van der Waals surface area contributed by atoms with E-state index in [9.17, 15) is 9.59 Å². The highest BCUT2D eigenvalue weighted by atomic mass is 16.2. The minimum Gasteiger partial charge on any atom is -0.357 e. The van der Waals surface area contributed by atoms with Crippen molar-refractivity contribution in [3.8, 4) is 0 Å². The molecule has 4 heterocycles. The van der Waals surface area contributed by atoms with Crippen molar-refractivity contribution in [2.45, 2.75) is 37.8 Å². The Morgan fingerprint density at radius 1 is 1.20 bits per heavy atom. The van der Waals surface area contributed by atoms with Crippen LogP contribution in [0.25, 0.3) is 0 Å². The Hall–Kier alpha value is -2.63. The first-order valence-corrected chi connectivity index (χ1v) is 8.80. The van der Waals surface area contributed by atoms with Crippen LogP contribution in [0.4, 0.5) is 0 Å². The smallest absolute Gasteiger partial charge is 0.270 e. The molecule has 2 saturated heterocycles. The molecular weight excluding hydrogens is 316 g/mol. The zero-order valence-corrected chi connectivity index (χ0v) is 14.1. The Morgan fingerprint density at radius 2 is 2.04 bits per heavy atom. The predicted molar refractivity (Wildman–Crippen MR) is 92.7 cm³/mol. The minimum absolute atomic E-state index is 0.0444. The maximum Gasteiger partial charge on any atom is 0.270 e. The number of hydrogen-bond donors (Lipinski definition) is 1. The van der Waals surface area contributed by atoms with Gasteiger partial charge in [-0.25, -0.2) is 0 Å². The average molecular weight is 338 g/mol. The molecule has 6 nitrogen and oxygen atoms in total. The summed E-state index contributed by atoms with van der Waals surface area (Å²) in [5.41, 5.74) is 1.58. The third-order valence-electron chi connectivity index (χ3n) is 5.55. The maximum atomic E-state index is 12.5. The van der Waals surface area contributed by atoms with Gasteiger partial charge in [-0.1, -0.05) is 6.07 Å². The molecule has 0 unspecified atom stereocenters. The second-order valence-corrected chi connectivity index (χ2v) is 6.94. The van der Waals surface area contributed by atoms with Gasteiger partial charge < -0.3 is 14.8 Å². The van der Waals surface area contributed by atoms with Crippen molar-refractivity contribution in [2.75, 3.05) is 13.1 Å². The number of aromatic amines is 1. The number of likely N-dealkylation sites (tertiary alicyclic amines) is 2. The largest absolute Gasteiger partial charge is 0.357 e. The van der Waals surface area contributed by atoms with E-state index in [-0.39, 0.29) is 17.4 Å². The number of nitrogens with one attached hydrogen (secondary N) is 1. The lowest BCUT2D eigenvalue weighted by atomic mass is 9.84. The Bertz CT molecular complexity index is 749. The lowest BCUT2D eigenvalue weighted by Crippen LogP contribution is -2.53. The number of carbonyl (C=O) groups excluding carboxylic acids is 2. The summed E-state index contributed by atoms with van der Waals surface area (Å²) in [6.07, 6.45) is 8.50. The molecule has 2 fully saturated rings. The number of H-pyrrole nitrogens is 1. The molecule has 0 aromatic carbocycles. The summed E-state index contributed by atoms with van der Waals surface area (Å²) in [6, 6.07) is 7.56. The lowest BCUT2D eigenvalue weighted by molar-refractivity contribution is -0.133. The molecule has 4 rings (SSSR count). The second-order valence-electron chi connectivity index (χ2n) is 6.94. The number of aromatic nitrogens is 2. The molecule has 25 heavy (non-hydrogen) atoms. The summed E-state index contributed by atoms with van der Waals surface area (Å²) < 4.78 is 0. The van der Waals surface area contributed by atoms with Gasteiger partial charge in [0.25, 0.3) is 5.91 Å². The second kappa shape index (κ2) is 6.35. The first-order valence-electron chi connectivity index (χ1n) is 8.80. The topological polar surface area (TPSA) is 69.3 Å². The summed E-state index contributed by atoms with van der Waals surface area (Å²) in [6.45, 7) is 1.99. The van der Waals surface area contributed by atoms with Gasteiger partial charge in [0.2, 0.25) is 5.91 Å². The Balaban J connectivity index is 1.47. The highest BCUT2D eigenvalue weighted by molar-refractivity contribution is 5.92. The average Bonchev–Trinajstić information content (AvgIpc) is 3.28. The van der Waals surface area contributed by atoms with E-state index in [4.69, 9.17) is 0 Å². The Kier molecular flexibility index (Phi) is 4.03. The summed E-state index contributed by atoms with van der Waals surface area (Å²) in [5.74, 6) is 0.260. The normalized spacial score (nSPS) is 19.6. The van der Waals surface area contributed by atoms with Gasteiger partial charge in [-0.2, -0.15) is 0 Å². The van der Waals surface area contributed by atoms with Crippen LogP contribution in [-0.2, 0) is 11.3 Å². The maximum absolute atomic E-state index is 12.5. The Labute approximate surface area is 146 Å². The Morgan fingerprint density at radius 3 is 2.72 bits per heavy atom. The first-order chi connectivity index (χ1) is 12.2. The van der Waals surface area contributed by atoms with E-state index in [1.807, 2.05) is 34.2 Å². The molecular formula is C19H22N4O2. The molecule has 1 spiro atoms. The quantitative estimate of drug-likeness (QED) is 0.933. The molecule has 2 aliphatic heterocycles. The number of hydrogen-bond acceptors (Lipinski definition) is 3. The molecule has 2 aromatic heterocycles. The highest BCUT2D eigenvalue weighted by Crippen LogP contribution is 2.40. The van der Waals surface area contributed by atoms with Crippen LogP contribution >= 0.6 is 0 Å². The van der Waals surface area contributed by atoms with Crippen molar-refractivity contribution in [1.29, 1.82) is 0 Å². The van der Waals surface area contributed by atoms with Crippen LogP contribution in [0, 0.1) is 0 Å². The molecule has 2 aromatic rings. The van der Waals surface area contributed by atoms with Crippen molar-refractivity contribution in [2.24, 2.45) is 0 Å². The zero-order chi connectivity index (χ0) is 17.3. The number of rotatable bonds is 3. The van der Waals surface area contributed by atoms with Gasteiger partial charge in [-0.15, -0.1) is 0 Å². The van der Waals surface area contributed by atoms with Crippen LogP contribution in [0.15, 0.2) is 42.9 Å². The third kappa shape index (κ3) is 2.92. The number of nitrogens with zero attached hydrogens (tertiary/aromatic N) is 3. The van der Waals surface area contributed by atoms with E-state index in [1.165, 1.54) is 0 Å². The van der Waals surface area contributed by atoms with E-state index < -0.39 is 0 Å². The van der Waals surface area contributed by atoms with Crippen molar-refractivity contribution >= 4 is 11.8 Å². The lowest BCUT2D eigenvalue weighted by Gasteiger charge is -2.45. The fraction of sp³-hybridized carbons (Fsp3) is 0.421. The molecule has 0 aliphatic carbocycles. The van der Waals surface area contributed by atoms with Gasteiger partial charge in [-0.3, -0.25) is 14.6 Å². The minimum atomic E-state index is -0.112. The molecule has 2 aliphatic rings. The van der Waals surface area contributed by atoms with E-state index in [0.29, 0.717) is 31.7 Å². The van der Waals surface area contributed by atoms with Gasteiger partial charge >= 0.3 is 0 Å². The summed E-state index contributed by atoms with van der Waals surface area (Å²) in [7, 11) is 0. The van der Waals surface area contributed by atoms with Crippen molar-refractivity contribution in [1.82, 2.24) is 19.8 Å². The monoisotopic (exact) mass is 338 g/mol. The number of amides is 2. The molecule has 2 amide bonds. The summed E-state index contributed by atoms with van der Waals surface area (Å²) in [5, 5.41) is 0. The summed E-state index contributed by atoms with van der Waals surface area (Å²) in [4.78, 5) is 36.0. The van der Waals surface area contributed by atoms with Crippen molar-refractivity contribution in [3.63, 3.8) is 0 Å². The van der Waals surface area contributed by atoms with Crippen molar-refractivity contribution < 1.29 is 9.59 Å². The van der Waals surface area contributed by atoms with Gasteiger partial charge in [0.1, 0.15) is 5.69 Å². The first kappa shape index (κ1) is 15.9. The number of piperidine rings is 1. The van der Waals surface area contributed by atoms with E-state index in [2.05, 4.69) is 9.97 Å². The highest BCUT2D eigenvalue weighted by Gasteiger charge is 2.47. The molecule has 0 bridgehead atoms. The van der Waals surface area contributed by atoms with E-state index in [1.54, 1.807) is 18.5 Å². The molecule has 130 valence electrons. The molecule has 0 radical (unpaired) electrons. The van der Waals surface area contributed by atoms with Crippen molar-refractivity contribution in [3.05, 3.63) is 54.1 Å². The van der Waals surface area contributed by atoms with Crippen LogP contribution in [0.5, 0.6) is 0 Å². The third-order valence-corrected chi connectivity index (χ3v) is 5.55. The van der Waals surface area contributed by atoms with Crippen LogP contribution in [0.1, 0.15) is 41.7 Å². The fourth-order valence-electron chi connectivity index (χ4n) is 4.08. The van der Waals surface area contributed by atoms with Crippen LogP contribution in [0.2, 0.25) is 0 Å². The van der Waals surface area contributed by atoms with E-state index in [0.717, 1.165) is 24.8 Å². The summed E-state index contributed by atoms with van der Waals surface area (Å²) >= 11 is 0. The van der Waals surface area contributed by atoms with E-state index >= 15 is 0 Å². The van der Waals surface area contributed by atoms with Gasteiger partial charge in [-0.05, 0) is 43.0 Å². The van der Waals surface area contributed by atoms with Crippen LogP contribution in [0.3, 0.4) is 0 Å².